The molecule has 1 aliphatic rings. The van der Waals surface area contributed by atoms with Crippen LogP contribution >= 0.6 is 0 Å². The van der Waals surface area contributed by atoms with Gasteiger partial charge in [0.05, 0.1) is 12.6 Å². The fourth-order valence-electron chi connectivity index (χ4n) is 2.72. The lowest BCUT2D eigenvalue weighted by molar-refractivity contribution is -0.141. The Morgan fingerprint density at radius 2 is 2.09 bits per heavy atom. The number of nitrogens with zero attached hydrogens (tertiary/aromatic N) is 5. The summed E-state index contributed by atoms with van der Waals surface area (Å²) in [5, 5.41) is 4.16. The van der Waals surface area contributed by atoms with Crippen molar-refractivity contribution in [2.75, 3.05) is 11.4 Å². The van der Waals surface area contributed by atoms with Crippen molar-refractivity contribution >= 4 is 5.95 Å². The maximum atomic E-state index is 12.8. The summed E-state index contributed by atoms with van der Waals surface area (Å²) in [6.45, 7) is 1.28. The summed E-state index contributed by atoms with van der Waals surface area (Å²) in [5.41, 5.74) is -0.902. The third-order valence-corrected chi connectivity index (χ3v) is 3.77. The van der Waals surface area contributed by atoms with E-state index in [9.17, 15) is 13.2 Å². The molecule has 118 valence electrons. The third kappa shape index (κ3) is 3.20. The Kier molecular flexibility index (Phi) is 4.00. The van der Waals surface area contributed by atoms with Crippen LogP contribution in [0.15, 0.2) is 30.7 Å². The molecule has 1 unspecified atom stereocenters. The summed E-state index contributed by atoms with van der Waals surface area (Å²) < 4.78 is 40.2. The van der Waals surface area contributed by atoms with Crippen molar-refractivity contribution in [3.63, 3.8) is 0 Å². The summed E-state index contributed by atoms with van der Waals surface area (Å²) in [7, 11) is 0. The van der Waals surface area contributed by atoms with E-state index >= 15 is 0 Å². The molecule has 2 aromatic heterocycles. The van der Waals surface area contributed by atoms with E-state index in [-0.39, 0.29) is 12.0 Å². The average molecular weight is 311 g/mol. The Morgan fingerprint density at radius 1 is 1.23 bits per heavy atom. The van der Waals surface area contributed by atoms with E-state index in [0.717, 1.165) is 25.3 Å². The molecule has 0 N–H and O–H groups in total. The topological polar surface area (TPSA) is 46.8 Å². The van der Waals surface area contributed by atoms with Gasteiger partial charge in [0.2, 0.25) is 5.95 Å². The zero-order chi connectivity index (χ0) is 15.6. The van der Waals surface area contributed by atoms with Gasteiger partial charge in [-0.2, -0.15) is 18.3 Å². The molecule has 3 rings (SSSR count). The molecular weight excluding hydrogens is 295 g/mol. The van der Waals surface area contributed by atoms with Gasteiger partial charge >= 0.3 is 6.18 Å². The van der Waals surface area contributed by atoms with Gasteiger partial charge in [-0.05, 0) is 31.4 Å². The predicted octanol–water partition coefficient (Wildman–Crippen LogP) is 2.75. The predicted molar refractivity (Wildman–Crippen MR) is 74.2 cm³/mol. The van der Waals surface area contributed by atoms with Crippen LogP contribution in [0.1, 0.15) is 25.0 Å². The quantitative estimate of drug-likeness (QED) is 0.874. The maximum absolute atomic E-state index is 12.8. The number of aromatic nitrogens is 4. The molecule has 1 saturated heterocycles. The smallest absolute Gasteiger partial charge is 0.336 e. The lowest BCUT2D eigenvalue weighted by atomic mass is 10.0. The monoisotopic (exact) mass is 311 g/mol. The van der Waals surface area contributed by atoms with E-state index in [1.807, 2.05) is 17.2 Å². The fraction of sp³-hybridized carbons (Fsp3) is 0.500. The molecule has 5 nitrogen and oxygen atoms in total. The molecule has 0 radical (unpaired) electrons. The van der Waals surface area contributed by atoms with Crippen molar-refractivity contribution in [2.24, 2.45) is 0 Å². The normalized spacial score (nSPS) is 19.4. The Labute approximate surface area is 125 Å². The Balaban J connectivity index is 1.84. The van der Waals surface area contributed by atoms with Crippen LogP contribution in [0.5, 0.6) is 0 Å². The van der Waals surface area contributed by atoms with Gasteiger partial charge in [0, 0.05) is 25.1 Å². The molecule has 22 heavy (non-hydrogen) atoms. The SMILES string of the molecule is FC(F)(F)c1ccnc(N2CCCCC2Cn2cccn2)n1. The van der Waals surface area contributed by atoms with Crippen LogP contribution in [-0.4, -0.2) is 32.3 Å². The highest BCUT2D eigenvalue weighted by Crippen LogP contribution is 2.29. The number of piperidine rings is 1. The van der Waals surface area contributed by atoms with E-state index in [1.54, 1.807) is 10.9 Å². The Morgan fingerprint density at radius 3 is 2.82 bits per heavy atom. The van der Waals surface area contributed by atoms with Gasteiger partial charge in [-0.25, -0.2) is 9.97 Å². The van der Waals surface area contributed by atoms with Crippen LogP contribution in [0.3, 0.4) is 0 Å². The molecule has 0 saturated carbocycles. The third-order valence-electron chi connectivity index (χ3n) is 3.77. The summed E-state index contributed by atoms with van der Waals surface area (Å²) in [6.07, 6.45) is 3.11. The second kappa shape index (κ2) is 5.94. The Hall–Kier alpha value is -2.12. The van der Waals surface area contributed by atoms with Crippen molar-refractivity contribution in [3.05, 3.63) is 36.4 Å². The van der Waals surface area contributed by atoms with Crippen molar-refractivity contribution in [1.82, 2.24) is 19.7 Å². The van der Waals surface area contributed by atoms with Gasteiger partial charge in [-0.1, -0.05) is 0 Å². The summed E-state index contributed by atoms with van der Waals surface area (Å²) in [4.78, 5) is 9.61. The second-order valence-electron chi connectivity index (χ2n) is 5.31. The van der Waals surface area contributed by atoms with Crippen molar-refractivity contribution in [2.45, 2.75) is 38.0 Å². The van der Waals surface area contributed by atoms with E-state index in [2.05, 4.69) is 15.1 Å². The number of rotatable bonds is 3. The number of anilines is 1. The molecule has 0 aromatic carbocycles. The number of hydrogen-bond acceptors (Lipinski definition) is 4. The molecule has 8 heteroatoms. The minimum atomic E-state index is -4.45. The van der Waals surface area contributed by atoms with Gasteiger partial charge in [0.1, 0.15) is 5.69 Å². The van der Waals surface area contributed by atoms with Gasteiger partial charge in [0.15, 0.2) is 0 Å². The van der Waals surface area contributed by atoms with Gasteiger partial charge in [-0.3, -0.25) is 4.68 Å². The Bertz CT molecular complexity index is 611. The van der Waals surface area contributed by atoms with E-state index in [1.165, 1.54) is 6.20 Å². The molecule has 0 spiro atoms. The molecule has 1 atom stereocenters. The maximum Gasteiger partial charge on any atom is 0.433 e. The van der Waals surface area contributed by atoms with Gasteiger partial charge in [-0.15, -0.1) is 0 Å². The van der Waals surface area contributed by atoms with Crippen molar-refractivity contribution < 1.29 is 13.2 Å². The van der Waals surface area contributed by atoms with E-state index in [0.29, 0.717) is 13.1 Å². The molecule has 0 bridgehead atoms. The lowest BCUT2D eigenvalue weighted by Crippen LogP contribution is -2.43. The minimum Gasteiger partial charge on any atom is -0.336 e. The molecule has 2 aromatic rings. The molecule has 3 heterocycles. The molecule has 1 fully saturated rings. The zero-order valence-electron chi connectivity index (χ0n) is 11.9. The van der Waals surface area contributed by atoms with E-state index in [4.69, 9.17) is 0 Å². The summed E-state index contributed by atoms with van der Waals surface area (Å²) >= 11 is 0. The molecular formula is C14H16F3N5. The first-order valence-electron chi connectivity index (χ1n) is 7.18. The molecule has 0 aliphatic carbocycles. The van der Waals surface area contributed by atoms with Crippen LogP contribution in [0.25, 0.3) is 0 Å². The number of halogens is 3. The lowest BCUT2D eigenvalue weighted by Gasteiger charge is -2.35. The highest BCUT2D eigenvalue weighted by atomic mass is 19.4. The zero-order valence-corrected chi connectivity index (χ0v) is 11.9. The minimum absolute atomic E-state index is 0.0529. The number of hydrogen-bond donors (Lipinski definition) is 0. The van der Waals surface area contributed by atoms with Crippen LogP contribution in [0, 0.1) is 0 Å². The van der Waals surface area contributed by atoms with Gasteiger partial charge in [0.25, 0.3) is 0 Å². The molecule has 0 amide bonds. The first-order chi connectivity index (χ1) is 10.5. The standard InChI is InChI=1S/C14H16F3N5/c15-14(16,17)12-5-7-18-13(20-12)22-9-2-1-4-11(22)10-21-8-3-6-19-21/h3,5-8,11H,1-2,4,9-10H2. The first-order valence-corrected chi connectivity index (χ1v) is 7.18. The fourth-order valence-corrected chi connectivity index (χ4v) is 2.72. The van der Waals surface area contributed by atoms with E-state index < -0.39 is 11.9 Å². The largest absolute Gasteiger partial charge is 0.433 e. The highest BCUT2D eigenvalue weighted by Gasteiger charge is 2.34. The second-order valence-corrected chi connectivity index (χ2v) is 5.31. The van der Waals surface area contributed by atoms with Gasteiger partial charge < -0.3 is 4.90 Å². The summed E-state index contributed by atoms with van der Waals surface area (Å²) in [5.74, 6) is 0.145. The van der Waals surface area contributed by atoms with Crippen LogP contribution < -0.4 is 4.90 Å². The average Bonchev–Trinajstić information content (AvgIpc) is 3.00. The first kappa shape index (κ1) is 14.8. The van der Waals surface area contributed by atoms with Crippen LogP contribution in [0.4, 0.5) is 19.1 Å². The van der Waals surface area contributed by atoms with Crippen LogP contribution in [-0.2, 0) is 12.7 Å². The number of alkyl halides is 3. The molecule has 1 aliphatic heterocycles. The van der Waals surface area contributed by atoms with Crippen molar-refractivity contribution in [3.8, 4) is 0 Å². The van der Waals surface area contributed by atoms with Crippen molar-refractivity contribution in [1.29, 1.82) is 0 Å². The highest BCUT2D eigenvalue weighted by molar-refractivity contribution is 5.33. The summed E-state index contributed by atoms with van der Waals surface area (Å²) in [6, 6.07) is 2.78. The van der Waals surface area contributed by atoms with Crippen LogP contribution in [0.2, 0.25) is 0 Å².